The number of methoxy groups -OCH3 is 1. The number of benzene rings is 2. The van der Waals surface area contributed by atoms with Crippen LogP contribution < -0.4 is 16.7 Å². The largest absolute Gasteiger partial charge is 0.453 e. The number of aromatic amines is 1. The summed E-state index contributed by atoms with van der Waals surface area (Å²) >= 11 is 0. The summed E-state index contributed by atoms with van der Waals surface area (Å²) in [7, 11) is 1.27. The highest BCUT2D eigenvalue weighted by molar-refractivity contribution is 5.85. The number of carbonyl (C=O) groups excluding carboxylic acids is 2. The van der Waals surface area contributed by atoms with Gasteiger partial charge >= 0.3 is 12.2 Å². The van der Waals surface area contributed by atoms with Crippen LogP contribution in [-0.2, 0) is 22.5 Å². The molecule has 0 bridgehead atoms. The SMILES string of the molecule is COC(=O)Nc1ccc(-c2cc(CCN(N)C(=O)OCc3ccccc3)n[nH]c2=O)cc1. The first-order valence-electron chi connectivity index (χ1n) is 9.73. The molecule has 0 spiro atoms. The number of carbonyl (C=O) groups is 2. The average molecular weight is 437 g/mol. The van der Waals surface area contributed by atoms with E-state index in [1.165, 1.54) is 7.11 Å². The van der Waals surface area contributed by atoms with Gasteiger partial charge in [0.25, 0.3) is 5.56 Å². The molecule has 0 aliphatic carbocycles. The molecular formula is C22H23N5O5. The van der Waals surface area contributed by atoms with Crippen molar-refractivity contribution in [2.24, 2.45) is 5.84 Å². The summed E-state index contributed by atoms with van der Waals surface area (Å²) in [4.78, 5) is 35.6. The van der Waals surface area contributed by atoms with Gasteiger partial charge in [-0.1, -0.05) is 42.5 Å². The number of hydrazine groups is 1. The van der Waals surface area contributed by atoms with Gasteiger partial charge in [0, 0.05) is 18.7 Å². The zero-order valence-electron chi connectivity index (χ0n) is 17.4. The van der Waals surface area contributed by atoms with Gasteiger partial charge in [-0.2, -0.15) is 5.10 Å². The molecule has 10 nitrogen and oxygen atoms in total. The molecule has 0 fully saturated rings. The molecule has 32 heavy (non-hydrogen) atoms. The number of H-pyrrole nitrogens is 1. The highest BCUT2D eigenvalue weighted by atomic mass is 16.6. The van der Waals surface area contributed by atoms with Crippen molar-refractivity contribution in [3.05, 3.63) is 82.3 Å². The van der Waals surface area contributed by atoms with Gasteiger partial charge in [0.15, 0.2) is 0 Å². The minimum absolute atomic E-state index is 0.120. The van der Waals surface area contributed by atoms with Crippen molar-refractivity contribution in [2.75, 3.05) is 19.0 Å². The third-order valence-electron chi connectivity index (χ3n) is 4.53. The van der Waals surface area contributed by atoms with E-state index in [1.807, 2.05) is 30.3 Å². The van der Waals surface area contributed by atoms with E-state index < -0.39 is 12.2 Å². The second kappa shape index (κ2) is 10.7. The Hall–Kier alpha value is -4.18. The number of aromatic nitrogens is 2. The summed E-state index contributed by atoms with van der Waals surface area (Å²) in [6.07, 6.45) is -0.939. The lowest BCUT2D eigenvalue weighted by molar-refractivity contribution is 0.0966. The van der Waals surface area contributed by atoms with Gasteiger partial charge in [0.2, 0.25) is 0 Å². The molecule has 2 aromatic carbocycles. The molecule has 0 unspecified atom stereocenters. The van der Waals surface area contributed by atoms with Crippen LogP contribution in [0.15, 0.2) is 65.5 Å². The van der Waals surface area contributed by atoms with Crippen molar-refractivity contribution in [2.45, 2.75) is 13.0 Å². The van der Waals surface area contributed by atoms with Crippen LogP contribution in [0.1, 0.15) is 11.3 Å². The number of amides is 2. The molecule has 1 aromatic heterocycles. The lowest BCUT2D eigenvalue weighted by atomic mass is 10.1. The standard InChI is InChI=1S/C22H23N5O5/c1-31-21(29)24-17-9-7-16(8-10-17)19-13-18(25-26-20(19)28)11-12-27(23)22(30)32-14-15-5-3-2-4-6-15/h2-10,13H,11-12,14,23H2,1H3,(H,24,29)(H,26,28). The van der Waals surface area contributed by atoms with Crippen LogP contribution in [0.2, 0.25) is 0 Å². The van der Waals surface area contributed by atoms with Crippen LogP contribution in [0, 0.1) is 0 Å². The maximum atomic E-state index is 12.2. The molecular weight excluding hydrogens is 414 g/mol. The molecule has 3 aromatic rings. The number of nitrogens with two attached hydrogens (primary N) is 1. The van der Waals surface area contributed by atoms with E-state index in [2.05, 4.69) is 20.3 Å². The van der Waals surface area contributed by atoms with Crippen molar-refractivity contribution >= 4 is 17.9 Å². The van der Waals surface area contributed by atoms with Crippen molar-refractivity contribution in [3.63, 3.8) is 0 Å². The molecule has 0 aliphatic rings. The monoisotopic (exact) mass is 437 g/mol. The number of ether oxygens (including phenoxy) is 2. The third-order valence-corrected chi connectivity index (χ3v) is 4.53. The fourth-order valence-corrected chi connectivity index (χ4v) is 2.82. The van der Waals surface area contributed by atoms with E-state index in [0.717, 1.165) is 10.6 Å². The van der Waals surface area contributed by atoms with E-state index >= 15 is 0 Å². The number of nitrogens with one attached hydrogen (secondary N) is 2. The van der Waals surface area contributed by atoms with Gasteiger partial charge in [-0.3, -0.25) is 10.1 Å². The molecule has 0 radical (unpaired) electrons. The highest BCUT2D eigenvalue weighted by Crippen LogP contribution is 2.19. The minimum Gasteiger partial charge on any atom is -0.453 e. The summed E-state index contributed by atoms with van der Waals surface area (Å²) in [6, 6.07) is 17.6. The number of hydrogen-bond acceptors (Lipinski definition) is 7. The van der Waals surface area contributed by atoms with Crippen LogP contribution in [0.5, 0.6) is 0 Å². The van der Waals surface area contributed by atoms with Crippen molar-refractivity contribution in [1.29, 1.82) is 0 Å². The van der Waals surface area contributed by atoms with Gasteiger partial charge in [-0.15, -0.1) is 0 Å². The second-order valence-electron chi connectivity index (χ2n) is 6.78. The highest BCUT2D eigenvalue weighted by Gasteiger charge is 2.13. The molecule has 3 rings (SSSR count). The van der Waals surface area contributed by atoms with Crippen LogP contribution >= 0.6 is 0 Å². The Kier molecular flexibility index (Phi) is 7.55. The molecule has 4 N–H and O–H groups in total. The first-order chi connectivity index (χ1) is 15.5. The van der Waals surface area contributed by atoms with Crippen LogP contribution in [0.25, 0.3) is 11.1 Å². The number of rotatable bonds is 7. The topological polar surface area (TPSA) is 140 Å². The molecule has 0 saturated heterocycles. The first-order valence-corrected chi connectivity index (χ1v) is 9.73. The Morgan fingerprint density at radius 2 is 1.84 bits per heavy atom. The fourth-order valence-electron chi connectivity index (χ4n) is 2.82. The third kappa shape index (κ3) is 6.16. The Bertz CT molecular complexity index is 1120. The van der Waals surface area contributed by atoms with Crippen LogP contribution in [-0.4, -0.2) is 41.0 Å². The molecule has 166 valence electrons. The Morgan fingerprint density at radius 3 is 2.53 bits per heavy atom. The average Bonchev–Trinajstić information content (AvgIpc) is 2.83. The van der Waals surface area contributed by atoms with Gasteiger partial charge in [0.05, 0.1) is 18.4 Å². The van der Waals surface area contributed by atoms with Crippen LogP contribution in [0.4, 0.5) is 15.3 Å². The molecule has 10 heteroatoms. The quantitative estimate of drug-likeness (QED) is 0.293. The predicted octanol–water partition coefficient (Wildman–Crippen LogP) is 2.67. The summed E-state index contributed by atoms with van der Waals surface area (Å²) in [6.45, 7) is 0.267. The van der Waals surface area contributed by atoms with E-state index in [-0.39, 0.29) is 18.7 Å². The van der Waals surface area contributed by atoms with E-state index in [0.29, 0.717) is 28.9 Å². The number of hydrogen-bond donors (Lipinski definition) is 3. The maximum absolute atomic E-state index is 12.2. The smallest absolute Gasteiger partial charge is 0.424 e. The van der Waals surface area contributed by atoms with Crippen LogP contribution in [0.3, 0.4) is 0 Å². The zero-order valence-corrected chi connectivity index (χ0v) is 17.4. The molecule has 0 atom stereocenters. The molecule has 0 aliphatic heterocycles. The Morgan fingerprint density at radius 1 is 1.12 bits per heavy atom. The van der Waals surface area contributed by atoms with Gasteiger partial charge in [-0.05, 0) is 29.3 Å². The first kappa shape index (κ1) is 22.5. The summed E-state index contributed by atoms with van der Waals surface area (Å²) in [5.41, 5.74) is 2.59. The zero-order chi connectivity index (χ0) is 22.9. The Labute approximate surface area is 183 Å². The number of nitrogens with zero attached hydrogens (tertiary/aromatic N) is 2. The fraction of sp³-hybridized carbons (Fsp3) is 0.182. The lowest BCUT2D eigenvalue weighted by Gasteiger charge is -2.16. The normalized spacial score (nSPS) is 10.3. The summed E-state index contributed by atoms with van der Waals surface area (Å²) in [5, 5.41) is 9.96. The molecule has 2 amide bonds. The van der Waals surface area contributed by atoms with Gasteiger partial charge in [-0.25, -0.2) is 25.5 Å². The van der Waals surface area contributed by atoms with E-state index in [1.54, 1.807) is 30.3 Å². The predicted molar refractivity (Wildman–Crippen MR) is 118 cm³/mol. The van der Waals surface area contributed by atoms with Gasteiger partial charge < -0.3 is 9.47 Å². The molecule has 0 saturated carbocycles. The van der Waals surface area contributed by atoms with Crippen molar-refractivity contribution in [3.8, 4) is 11.1 Å². The molecule has 1 heterocycles. The maximum Gasteiger partial charge on any atom is 0.424 e. The summed E-state index contributed by atoms with van der Waals surface area (Å²) in [5.74, 6) is 5.79. The van der Waals surface area contributed by atoms with Crippen molar-refractivity contribution < 1.29 is 19.1 Å². The van der Waals surface area contributed by atoms with Crippen molar-refractivity contribution in [1.82, 2.24) is 15.2 Å². The Balaban J connectivity index is 1.60. The summed E-state index contributed by atoms with van der Waals surface area (Å²) < 4.78 is 9.73. The lowest BCUT2D eigenvalue weighted by Crippen LogP contribution is -2.39. The minimum atomic E-state index is -0.660. The number of anilines is 1. The second-order valence-corrected chi connectivity index (χ2v) is 6.78. The van der Waals surface area contributed by atoms with Gasteiger partial charge in [0.1, 0.15) is 6.61 Å². The van der Waals surface area contributed by atoms with E-state index in [4.69, 9.17) is 10.6 Å². The van der Waals surface area contributed by atoms with E-state index in [9.17, 15) is 14.4 Å².